The first kappa shape index (κ1) is 14.9. The highest BCUT2D eigenvalue weighted by Crippen LogP contribution is 2.30. The Balaban J connectivity index is 2.95. The van der Waals surface area contributed by atoms with Crippen molar-refractivity contribution in [3.8, 4) is 0 Å². The summed E-state index contributed by atoms with van der Waals surface area (Å²) in [6, 6.07) is 0. The van der Waals surface area contributed by atoms with Crippen LogP contribution in [0.3, 0.4) is 0 Å². The molecule has 0 aromatic carbocycles. The van der Waals surface area contributed by atoms with Crippen LogP contribution >= 0.6 is 0 Å². The summed E-state index contributed by atoms with van der Waals surface area (Å²) in [6.07, 6.45) is 2.17. The van der Waals surface area contributed by atoms with Crippen molar-refractivity contribution in [2.75, 3.05) is 0 Å². The minimum absolute atomic E-state index is 0.0221. The van der Waals surface area contributed by atoms with Gasteiger partial charge >= 0.3 is 5.97 Å². The Kier molecular flexibility index (Phi) is 3.78. The Bertz CT molecular complexity index is 540. The van der Waals surface area contributed by atoms with E-state index in [1.165, 1.54) is 20.0 Å². The fourth-order valence-electron chi connectivity index (χ4n) is 1.24. The van der Waals surface area contributed by atoms with Crippen LogP contribution in [0.2, 0.25) is 0 Å². The number of hydrogen-bond donors (Lipinski definition) is 3. The zero-order valence-electron chi connectivity index (χ0n) is 11.3. The van der Waals surface area contributed by atoms with Crippen LogP contribution in [-0.4, -0.2) is 32.5 Å². The fraction of sp³-hybridized carbons (Fsp3) is 0.500. The van der Waals surface area contributed by atoms with Crippen LogP contribution in [0.15, 0.2) is 17.2 Å². The standard InChI is InChI=1S/C12H17N3O4/c1-11(2,10(18)19)12(3,4)15-9(17)7-5-14-8(16)6-13-7/h5-6H,1-4H3,(H,14,16)(H,15,17)(H,18,19). The number of amides is 1. The second-order valence-electron chi connectivity index (χ2n) is 5.31. The molecule has 1 rings (SSSR count). The van der Waals surface area contributed by atoms with Crippen molar-refractivity contribution in [1.29, 1.82) is 0 Å². The van der Waals surface area contributed by atoms with Crippen LogP contribution in [-0.2, 0) is 4.79 Å². The molecule has 0 aliphatic carbocycles. The first-order valence-electron chi connectivity index (χ1n) is 5.68. The second kappa shape index (κ2) is 4.83. The van der Waals surface area contributed by atoms with Crippen molar-refractivity contribution in [3.05, 3.63) is 28.4 Å². The van der Waals surface area contributed by atoms with Gasteiger partial charge in [-0.15, -0.1) is 0 Å². The molecule has 1 aromatic heterocycles. The normalized spacial score (nSPS) is 12.0. The zero-order chi connectivity index (χ0) is 14.8. The third kappa shape index (κ3) is 2.98. The lowest BCUT2D eigenvalue weighted by atomic mass is 9.74. The summed E-state index contributed by atoms with van der Waals surface area (Å²) in [7, 11) is 0. The first-order valence-corrected chi connectivity index (χ1v) is 5.68. The molecule has 0 unspecified atom stereocenters. The van der Waals surface area contributed by atoms with Gasteiger partial charge in [0.25, 0.3) is 11.5 Å². The van der Waals surface area contributed by atoms with Crippen LogP contribution in [0.5, 0.6) is 0 Å². The molecule has 104 valence electrons. The zero-order valence-corrected chi connectivity index (χ0v) is 11.3. The Labute approximate surface area is 110 Å². The predicted molar refractivity (Wildman–Crippen MR) is 67.8 cm³/mol. The highest BCUT2D eigenvalue weighted by Gasteiger charge is 2.44. The van der Waals surface area contributed by atoms with Gasteiger partial charge in [0, 0.05) is 6.20 Å². The van der Waals surface area contributed by atoms with Crippen molar-refractivity contribution >= 4 is 11.9 Å². The monoisotopic (exact) mass is 267 g/mol. The third-order valence-corrected chi connectivity index (χ3v) is 3.43. The summed E-state index contributed by atoms with van der Waals surface area (Å²) in [5.74, 6) is -1.57. The van der Waals surface area contributed by atoms with Gasteiger partial charge in [0.1, 0.15) is 5.69 Å². The maximum absolute atomic E-state index is 12.0. The van der Waals surface area contributed by atoms with E-state index in [1.54, 1.807) is 13.8 Å². The number of carboxylic acids is 1. The van der Waals surface area contributed by atoms with Crippen LogP contribution in [0.25, 0.3) is 0 Å². The quantitative estimate of drug-likeness (QED) is 0.730. The fourth-order valence-corrected chi connectivity index (χ4v) is 1.24. The number of H-pyrrole nitrogens is 1. The largest absolute Gasteiger partial charge is 0.481 e. The molecule has 1 amide bonds. The number of nitrogens with zero attached hydrogens (tertiary/aromatic N) is 1. The summed E-state index contributed by atoms with van der Waals surface area (Å²) < 4.78 is 0. The van der Waals surface area contributed by atoms with Crippen molar-refractivity contribution in [1.82, 2.24) is 15.3 Å². The predicted octanol–water partition coefficient (Wildman–Crippen LogP) is 0.389. The Morgan fingerprint density at radius 1 is 1.32 bits per heavy atom. The number of carbonyl (C=O) groups excluding carboxylic acids is 1. The molecule has 0 saturated heterocycles. The summed E-state index contributed by atoms with van der Waals surface area (Å²) in [6.45, 7) is 6.28. The van der Waals surface area contributed by atoms with E-state index in [9.17, 15) is 19.5 Å². The number of hydrogen-bond acceptors (Lipinski definition) is 4. The van der Waals surface area contributed by atoms with Gasteiger partial charge in [-0.05, 0) is 27.7 Å². The molecule has 0 saturated carbocycles. The van der Waals surface area contributed by atoms with Crippen LogP contribution in [0.1, 0.15) is 38.2 Å². The van der Waals surface area contributed by atoms with Crippen LogP contribution < -0.4 is 10.9 Å². The van der Waals surface area contributed by atoms with Crippen molar-refractivity contribution in [2.45, 2.75) is 33.2 Å². The Morgan fingerprint density at radius 3 is 2.32 bits per heavy atom. The van der Waals surface area contributed by atoms with E-state index >= 15 is 0 Å². The van der Waals surface area contributed by atoms with Gasteiger partial charge < -0.3 is 15.4 Å². The van der Waals surface area contributed by atoms with Crippen LogP contribution in [0, 0.1) is 5.41 Å². The molecule has 1 heterocycles. The molecule has 0 bridgehead atoms. The number of carbonyl (C=O) groups is 2. The van der Waals surface area contributed by atoms with Gasteiger partial charge in [0.2, 0.25) is 0 Å². The maximum Gasteiger partial charge on any atom is 0.311 e. The van der Waals surface area contributed by atoms with E-state index in [0.717, 1.165) is 6.20 Å². The van der Waals surface area contributed by atoms with Gasteiger partial charge in [0.15, 0.2) is 0 Å². The average Bonchev–Trinajstić information content (AvgIpc) is 2.28. The van der Waals surface area contributed by atoms with E-state index in [-0.39, 0.29) is 5.69 Å². The molecule has 1 aromatic rings. The number of aromatic nitrogens is 2. The Hall–Kier alpha value is -2.18. The first-order chi connectivity index (χ1) is 8.58. The topological polar surface area (TPSA) is 112 Å². The van der Waals surface area contributed by atoms with Crippen molar-refractivity contribution in [3.63, 3.8) is 0 Å². The van der Waals surface area contributed by atoms with E-state index in [1.807, 2.05) is 0 Å². The van der Waals surface area contributed by atoms with Gasteiger partial charge in [0.05, 0.1) is 17.2 Å². The number of aromatic amines is 1. The molecule has 0 fully saturated rings. The van der Waals surface area contributed by atoms with Crippen molar-refractivity contribution < 1.29 is 14.7 Å². The number of carboxylic acid groups (broad SMARTS) is 1. The summed E-state index contributed by atoms with van der Waals surface area (Å²) in [5.41, 5.74) is -2.55. The van der Waals surface area contributed by atoms with Gasteiger partial charge in [-0.3, -0.25) is 14.4 Å². The maximum atomic E-state index is 12.0. The number of nitrogens with one attached hydrogen (secondary N) is 2. The van der Waals surface area contributed by atoms with Gasteiger partial charge in [-0.1, -0.05) is 0 Å². The SMILES string of the molecule is CC(C)(NC(=O)c1c[nH]c(=O)cn1)C(C)(C)C(=O)O. The van der Waals surface area contributed by atoms with Gasteiger partial charge in [-0.2, -0.15) is 0 Å². The number of rotatable bonds is 4. The van der Waals surface area contributed by atoms with Crippen LogP contribution in [0.4, 0.5) is 0 Å². The lowest BCUT2D eigenvalue weighted by Crippen LogP contribution is -2.57. The molecule has 0 atom stereocenters. The molecule has 19 heavy (non-hydrogen) atoms. The molecule has 0 aliphatic heterocycles. The van der Waals surface area contributed by atoms with Crippen molar-refractivity contribution in [2.24, 2.45) is 5.41 Å². The molecule has 0 spiro atoms. The molecule has 7 heteroatoms. The smallest absolute Gasteiger partial charge is 0.311 e. The van der Waals surface area contributed by atoms with E-state index < -0.39 is 28.4 Å². The highest BCUT2D eigenvalue weighted by atomic mass is 16.4. The molecular weight excluding hydrogens is 250 g/mol. The summed E-state index contributed by atoms with van der Waals surface area (Å²) in [5, 5.41) is 11.8. The Morgan fingerprint density at radius 2 is 1.89 bits per heavy atom. The lowest BCUT2D eigenvalue weighted by molar-refractivity contribution is -0.150. The van der Waals surface area contributed by atoms with E-state index in [0.29, 0.717) is 0 Å². The minimum Gasteiger partial charge on any atom is -0.481 e. The van der Waals surface area contributed by atoms with E-state index in [4.69, 9.17) is 0 Å². The molecule has 3 N–H and O–H groups in total. The van der Waals surface area contributed by atoms with E-state index in [2.05, 4.69) is 15.3 Å². The molecule has 0 aliphatic rings. The summed E-state index contributed by atoms with van der Waals surface area (Å²) in [4.78, 5) is 40.0. The third-order valence-electron chi connectivity index (χ3n) is 3.43. The molecule has 7 nitrogen and oxygen atoms in total. The average molecular weight is 267 g/mol. The highest BCUT2D eigenvalue weighted by molar-refractivity contribution is 5.93. The second-order valence-corrected chi connectivity index (χ2v) is 5.31. The molecule has 0 radical (unpaired) electrons. The number of aliphatic carboxylic acids is 1. The molecular formula is C12H17N3O4. The minimum atomic E-state index is -1.16. The lowest BCUT2D eigenvalue weighted by Gasteiger charge is -2.38. The van der Waals surface area contributed by atoms with Gasteiger partial charge in [-0.25, -0.2) is 4.98 Å². The summed E-state index contributed by atoms with van der Waals surface area (Å²) >= 11 is 0.